The summed E-state index contributed by atoms with van der Waals surface area (Å²) < 4.78 is 14.2. The van der Waals surface area contributed by atoms with Crippen LogP contribution in [0, 0.1) is 12.7 Å². The van der Waals surface area contributed by atoms with E-state index >= 15 is 0 Å². The monoisotopic (exact) mass is 322 g/mol. The Kier molecular flexibility index (Phi) is 4.69. The Labute approximate surface area is 120 Å². The summed E-state index contributed by atoms with van der Waals surface area (Å²) in [5.74, 6) is 5.41. The molecule has 100 valence electrons. The predicted molar refractivity (Wildman–Crippen MR) is 79.0 cm³/mol. The van der Waals surface area contributed by atoms with Gasteiger partial charge < -0.3 is 0 Å². The summed E-state index contributed by atoms with van der Waals surface area (Å²) in [6.45, 7) is 2.03. The number of halogens is 2. The highest BCUT2D eigenvalue weighted by Gasteiger charge is 2.12. The third-order valence-corrected chi connectivity index (χ3v) is 3.45. The summed E-state index contributed by atoms with van der Waals surface area (Å²) in [5, 5.41) is 0. The van der Waals surface area contributed by atoms with Gasteiger partial charge in [0.1, 0.15) is 5.82 Å². The van der Waals surface area contributed by atoms with Gasteiger partial charge in [-0.1, -0.05) is 34.1 Å². The molecule has 0 aliphatic heterocycles. The van der Waals surface area contributed by atoms with Crippen LogP contribution in [0.2, 0.25) is 0 Å². The molecule has 0 radical (unpaired) electrons. The maximum atomic E-state index is 13.2. The van der Waals surface area contributed by atoms with Crippen molar-refractivity contribution in [1.82, 2.24) is 5.43 Å². The van der Waals surface area contributed by atoms with Gasteiger partial charge in [-0.15, -0.1) is 0 Å². The molecular formula is C15H16BrFN2. The second-order valence-corrected chi connectivity index (χ2v) is 5.53. The second kappa shape index (κ2) is 6.28. The van der Waals surface area contributed by atoms with Gasteiger partial charge in [-0.3, -0.25) is 11.3 Å². The molecule has 0 heterocycles. The van der Waals surface area contributed by atoms with Crippen molar-refractivity contribution in [3.63, 3.8) is 0 Å². The number of nitrogens with two attached hydrogens (primary N) is 1. The minimum Gasteiger partial charge on any atom is -0.271 e. The van der Waals surface area contributed by atoms with Gasteiger partial charge in [0.2, 0.25) is 0 Å². The Balaban J connectivity index is 2.24. The fourth-order valence-electron chi connectivity index (χ4n) is 2.14. The zero-order valence-corrected chi connectivity index (χ0v) is 12.2. The van der Waals surface area contributed by atoms with Crippen LogP contribution in [0.25, 0.3) is 0 Å². The first kappa shape index (κ1) is 14.2. The van der Waals surface area contributed by atoms with Crippen molar-refractivity contribution < 1.29 is 4.39 Å². The molecular weight excluding hydrogens is 307 g/mol. The smallest absolute Gasteiger partial charge is 0.123 e. The van der Waals surface area contributed by atoms with Crippen LogP contribution in [-0.2, 0) is 6.42 Å². The third kappa shape index (κ3) is 3.86. The predicted octanol–water partition coefficient (Wildman–Crippen LogP) is 3.64. The summed E-state index contributed by atoms with van der Waals surface area (Å²) in [6.07, 6.45) is 0.643. The summed E-state index contributed by atoms with van der Waals surface area (Å²) in [6, 6.07) is 12.7. The number of rotatable bonds is 4. The molecule has 0 aromatic heterocycles. The van der Waals surface area contributed by atoms with E-state index in [9.17, 15) is 4.39 Å². The number of nitrogens with one attached hydrogen (secondary N) is 1. The highest BCUT2D eigenvalue weighted by molar-refractivity contribution is 9.10. The molecule has 0 aliphatic carbocycles. The second-order valence-electron chi connectivity index (χ2n) is 4.62. The zero-order chi connectivity index (χ0) is 13.8. The van der Waals surface area contributed by atoms with E-state index in [0.717, 1.165) is 21.2 Å². The summed E-state index contributed by atoms with van der Waals surface area (Å²) in [5.41, 5.74) is 5.95. The lowest BCUT2D eigenvalue weighted by atomic mass is 9.98. The van der Waals surface area contributed by atoms with E-state index in [2.05, 4.69) is 27.4 Å². The number of benzene rings is 2. The minimum atomic E-state index is -0.223. The van der Waals surface area contributed by atoms with Gasteiger partial charge in [-0.2, -0.15) is 0 Å². The quantitative estimate of drug-likeness (QED) is 0.666. The number of hydrazine groups is 1. The van der Waals surface area contributed by atoms with Gasteiger partial charge in [-0.05, 0) is 54.3 Å². The zero-order valence-electron chi connectivity index (χ0n) is 10.7. The lowest BCUT2D eigenvalue weighted by Gasteiger charge is -2.17. The average Bonchev–Trinajstić information content (AvgIpc) is 2.34. The first-order chi connectivity index (χ1) is 9.08. The van der Waals surface area contributed by atoms with Crippen molar-refractivity contribution in [2.75, 3.05) is 0 Å². The van der Waals surface area contributed by atoms with E-state index in [1.54, 1.807) is 6.07 Å². The van der Waals surface area contributed by atoms with Crippen LogP contribution >= 0.6 is 15.9 Å². The molecule has 0 spiro atoms. The van der Waals surface area contributed by atoms with Crippen molar-refractivity contribution in [2.24, 2.45) is 5.84 Å². The molecule has 3 N–H and O–H groups in total. The Bertz CT molecular complexity index is 552. The molecule has 0 bridgehead atoms. The molecule has 19 heavy (non-hydrogen) atoms. The van der Waals surface area contributed by atoms with E-state index in [4.69, 9.17) is 5.84 Å². The molecule has 0 saturated carbocycles. The molecule has 0 amide bonds. The minimum absolute atomic E-state index is 0.0435. The van der Waals surface area contributed by atoms with Gasteiger partial charge >= 0.3 is 0 Å². The molecule has 2 nitrogen and oxygen atoms in total. The van der Waals surface area contributed by atoms with E-state index < -0.39 is 0 Å². The summed E-state index contributed by atoms with van der Waals surface area (Å²) >= 11 is 3.48. The topological polar surface area (TPSA) is 38.0 Å². The van der Waals surface area contributed by atoms with Gasteiger partial charge in [0, 0.05) is 4.47 Å². The van der Waals surface area contributed by atoms with Crippen molar-refractivity contribution >= 4 is 15.9 Å². The van der Waals surface area contributed by atoms with Crippen LogP contribution in [0.3, 0.4) is 0 Å². The van der Waals surface area contributed by atoms with E-state index in [1.807, 2.05) is 25.1 Å². The number of hydrogen-bond donors (Lipinski definition) is 2. The Morgan fingerprint density at radius 2 is 2.05 bits per heavy atom. The highest BCUT2D eigenvalue weighted by atomic mass is 79.9. The summed E-state index contributed by atoms with van der Waals surface area (Å²) in [7, 11) is 0. The standard InChI is InChI=1S/C15H16BrFN2/c1-10-5-12(9-13(16)6-10)15(19-18)8-11-3-2-4-14(17)7-11/h2-7,9,15,19H,8,18H2,1H3. The third-order valence-electron chi connectivity index (χ3n) is 3.00. The molecule has 1 atom stereocenters. The van der Waals surface area contributed by atoms with Gasteiger partial charge in [0.15, 0.2) is 0 Å². The van der Waals surface area contributed by atoms with Crippen molar-refractivity contribution in [1.29, 1.82) is 0 Å². The largest absolute Gasteiger partial charge is 0.271 e. The van der Waals surface area contributed by atoms with Crippen molar-refractivity contribution in [2.45, 2.75) is 19.4 Å². The Morgan fingerprint density at radius 1 is 1.26 bits per heavy atom. The fourth-order valence-corrected chi connectivity index (χ4v) is 2.76. The van der Waals surface area contributed by atoms with Crippen LogP contribution in [0.4, 0.5) is 4.39 Å². The molecule has 2 aromatic carbocycles. The SMILES string of the molecule is Cc1cc(Br)cc(C(Cc2cccc(F)c2)NN)c1. The number of aryl methyl sites for hydroxylation is 1. The van der Waals surface area contributed by atoms with Crippen LogP contribution in [0.5, 0.6) is 0 Å². The molecule has 4 heteroatoms. The maximum absolute atomic E-state index is 13.2. The highest BCUT2D eigenvalue weighted by Crippen LogP contribution is 2.23. The molecule has 1 unspecified atom stereocenters. The van der Waals surface area contributed by atoms with Gasteiger partial charge in [0.25, 0.3) is 0 Å². The Morgan fingerprint density at radius 3 is 2.68 bits per heavy atom. The van der Waals surface area contributed by atoms with Crippen LogP contribution in [-0.4, -0.2) is 0 Å². The first-order valence-electron chi connectivity index (χ1n) is 6.06. The molecule has 2 aromatic rings. The molecule has 0 aliphatic rings. The maximum Gasteiger partial charge on any atom is 0.123 e. The van der Waals surface area contributed by atoms with Crippen molar-refractivity contribution in [3.05, 3.63) is 69.4 Å². The van der Waals surface area contributed by atoms with Gasteiger partial charge in [-0.25, -0.2) is 4.39 Å². The van der Waals surface area contributed by atoms with Crippen LogP contribution in [0.15, 0.2) is 46.9 Å². The molecule has 2 rings (SSSR count). The first-order valence-corrected chi connectivity index (χ1v) is 6.85. The van der Waals surface area contributed by atoms with E-state index in [1.165, 1.54) is 12.1 Å². The van der Waals surface area contributed by atoms with Crippen molar-refractivity contribution in [3.8, 4) is 0 Å². The van der Waals surface area contributed by atoms with Gasteiger partial charge in [0.05, 0.1) is 6.04 Å². The van der Waals surface area contributed by atoms with E-state index in [0.29, 0.717) is 6.42 Å². The van der Waals surface area contributed by atoms with E-state index in [-0.39, 0.29) is 11.9 Å². The summed E-state index contributed by atoms with van der Waals surface area (Å²) in [4.78, 5) is 0. The lowest BCUT2D eigenvalue weighted by Crippen LogP contribution is -2.29. The number of hydrogen-bond acceptors (Lipinski definition) is 2. The Hall–Kier alpha value is -1.23. The van der Waals surface area contributed by atoms with Crippen LogP contribution in [0.1, 0.15) is 22.7 Å². The molecule has 0 saturated heterocycles. The average molecular weight is 323 g/mol. The lowest BCUT2D eigenvalue weighted by molar-refractivity contribution is 0.548. The molecule has 0 fully saturated rings. The van der Waals surface area contributed by atoms with Crippen LogP contribution < -0.4 is 11.3 Å². The normalized spacial score (nSPS) is 12.4. The fraction of sp³-hybridized carbons (Fsp3) is 0.200.